The maximum Gasteiger partial charge on any atom is 0.0518 e. The molecule has 2 heterocycles. The lowest BCUT2D eigenvalue weighted by Gasteiger charge is -2.50. The molecule has 4 unspecified atom stereocenters. The first-order valence-electron chi connectivity index (χ1n) is 20.6. The molecule has 0 saturated heterocycles. The van der Waals surface area contributed by atoms with Gasteiger partial charge in [0.15, 0.2) is 0 Å². The van der Waals surface area contributed by atoms with Crippen molar-refractivity contribution < 1.29 is 0 Å². The Labute approximate surface area is 318 Å². The van der Waals surface area contributed by atoms with Crippen LogP contribution >= 0.6 is 0 Å². The van der Waals surface area contributed by atoms with Crippen LogP contribution < -0.4 is 9.80 Å². The van der Waals surface area contributed by atoms with E-state index in [9.17, 15) is 0 Å². The fourth-order valence-electron chi connectivity index (χ4n) is 12.7. The van der Waals surface area contributed by atoms with Gasteiger partial charge in [-0.2, -0.15) is 0 Å². The van der Waals surface area contributed by atoms with E-state index in [0.717, 1.165) is 0 Å². The van der Waals surface area contributed by atoms with Gasteiger partial charge in [0.05, 0.1) is 11.1 Å². The van der Waals surface area contributed by atoms with Crippen LogP contribution in [0.5, 0.6) is 0 Å². The molecule has 2 nitrogen and oxygen atoms in total. The second kappa shape index (κ2) is 10.4. The van der Waals surface area contributed by atoms with Crippen molar-refractivity contribution in [2.75, 3.05) is 9.80 Å². The van der Waals surface area contributed by atoms with E-state index in [2.05, 4.69) is 159 Å². The third-order valence-corrected chi connectivity index (χ3v) is 16.0. The summed E-state index contributed by atoms with van der Waals surface area (Å²) in [5.74, 6) is 0. The average molecular weight is 701 g/mol. The molecule has 54 heavy (non-hydrogen) atoms. The van der Waals surface area contributed by atoms with E-state index in [-0.39, 0.29) is 21.9 Å². The molecule has 0 aromatic heterocycles. The smallest absolute Gasteiger partial charge is 0.0518 e. The van der Waals surface area contributed by atoms with Crippen LogP contribution in [-0.4, -0.2) is 11.1 Å². The highest BCUT2D eigenvalue weighted by molar-refractivity contribution is 6.28. The summed E-state index contributed by atoms with van der Waals surface area (Å²) in [6.45, 7) is 10.3. The first-order chi connectivity index (χ1) is 26.2. The van der Waals surface area contributed by atoms with Gasteiger partial charge < -0.3 is 9.80 Å². The van der Waals surface area contributed by atoms with Gasteiger partial charge in [0.2, 0.25) is 0 Å². The minimum atomic E-state index is -0.0128. The molecule has 0 radical (unpaired) electrons. The normalized spacial score (nSPS) is 27.6. The monoisotopic (exact) mass is 700 g/mol. The molecule has 2 heteroatoms. The second-order valence-electron chi connectivity index (χ2n) is 18.3. The Morgan fingerprint density at radius 1 is 0.370 bits per heavy atom. The SMILES string of the molecule is CC12CCCCC1(C)N(c1ccc3ccc4c(N5c6cc7ccccc7cc6C6(C)CCCCC56C)ccc5ccc1c3c54)c1cc3ccccc3cc12. The molecule has 0 bridgehead atoms. The molecule has 2 fully saturated rings. The summed E-state index contributed by atoms with van der Waals surface area (Å²) in [6.07, 6.45) is 9.98. The number of hydrogen-bond donors (Lipinski definition) is 0. The van der Waals surface area contributed by atoms with Gasteiger partial charge in [0, 0.05) is 44.4 Å². The van der Waals surface area contributed by atoms with Gasteiger partial charge in [-0.25, -0.2) is 0 Å². The van der Waals surface area contributed by atoms with Crippen molar-refractivity contribution in [1.82, 2.24) is 0 Å². The van der Waals surface area contributed by atoms with Gasteiger partial charge in [0.25, 0.3) is 0 Å². The highest BCUT2D eigenvalue weighted by atomic mass is 15.3. The third-order valence-electron chi connectivity index (χ3n) is 16.0. The maximum atomic E-state index is 2.80. The average Bonchev–Trinajstić information content (AvgIpc) is 3.52. The molecule has 2 aliphatic heterocycles. The predicted molar refractivity (Wildman–Crippen MR) is 231 cm³/mol. The molecule has 4 aliphatic rings. The number of rotatable bonds is 2. The fourth-order valence-corrected chi connectivity index (χ4v) is 12.7. The van der Waals surface area contributed by atoms with Gasteiger partial charge in [-0.3, -0.25) is 0 Å². The molecule has 0 spiro atoms. The van der Waals surface area contributed by atoms with Crippen molar-refractivity contribution in [1.29, 1.82) is 0 Å². The standard InChI is InChI=1S/C52H48N2/c1-49-25-9-11-27-51(49,3)53(45-31-37-15-7-5-13-35(37)29-41(45)49)43-23-19-33-18-22-40-44(24-20-34-17-21-39(43)47(33)48(34)40)54-46-32-38-16-8-6-14-36(38)30-42(46)50(2)26-10-12-28-52(50,54)4/h5-8,13-24,29-32H,9-12,25-28H2,1-4H3. The topological polar surface area (TPSA) is 6.48 Å². The van der Waals surface area contributed by atoms with Crippen molar-refractivity contribution in [2.45, 2.75) is 101 Å². The minimum absolute atomic E-state index is 0.0128. The molecular formula is C52H48N2. The van der Waals surface area contributed by atoms with Gasteiger partial charge in [-0.15, -0.1) is 0 Å². The maximum absolute atomic E-state index is 2.80. The van der Waals surface area contributed by atoms with Crippen molar-refractivity contribution in [3.63, 3.8) is 0 Å². The van der Waals surface area contributed by atoms with E-state index < -0.39 is 0 Å². The summed E-state index contributed by atoms with van der Waals surface area (Å²) >= 11 is 0. The van der Waals surface area contributed by atoms with Crippen molar-refractivity contribution in [2.24, 2.45) is 0 Å². The van der Waals surface area contributed by atoms with E-state index in [1.165, 1.54) is 139 Å². The summed E-state index contributed by atoms with van der Waals surface area (Å²) < 4.78 is 0. The first-order valence-corrected chi connectivity index (χ1v) is 20.6. The molecule has 266 valence electrons. The van der Waals surface area contributed by atoms with Crippen LogP contribution in [0.15, 0.2) is 121 Å². The Kier molecular flexibility index (Phi) is 6.00. The summed E-state index contributed by atoms with van der Waals surface area (Å²) in [7, 11) is 0. The zero-order valence-electron chi connectivity index (χ0n) is 32.1. The Balaban J connectivity index is 1.12. The van der Waals surface area contributed by atoms with E-state index in [1.54, 1.807) is 0 Å². The Bertz CT molecular complexity index is 2690. The molecule has 0 N–H and O–H groups in total. The molecule has 4 atom stereocenters. The van der Waals surface area contributed by atoms with Gasteiger partial charge in [0.1, 0.15) is 0 Å². The Morgan fingerprint density at radius 3 is 1.17 bits per heavy atom. The molecule has 12 rings (SSSR count). The molecule has 2 saturated carbocycles. The minimum Gasteiger partial charge on any atom is -0.334 e. The van der Waals surface area contributed by atoms with Crippen molar-refractivity contribution in [3.05, 3.63) is 132 Å². The lowest BCUT2D eigenvalue weighted by molar-refractivity contribution is 0.195. The number of anilines is 4. The van der Waals surface area contributed by atoms with Crippen LogP contribution in [0.2, 0.25) is 0 Å². The quantitative estimate of drug-likeness (QED) is 0.166. The van der Waals surface area contributed by atoms with Gasteiger partial charge in [-0.1, -0.05) is 124 Å². The Morgan fingerprint density at radius 2 is 0.741 bits per heavy atom. The van der Waals surface area contributed by atoms with Crippen LogP contribution in [0, 0.1) is 0 Å². The molecule has 2 aliphatic carbocycles. The first kappa shape index (κ1) is 31.3. The molecule has 0 amide bonds. The fraction of sp³-hybridized carbons (Fsp3) is 0.308. The second-order valence-corrected chi connectivity index (χ2v) is 18.3. The van der Waals surface area contributed by atoms with Crippen LogP contribution in [0.25, 0.3) is 53.9 Å². The number of hydrogen-bond acceptors (Lipinski definition) is 2. The van der Waals surface area contributed by atoms with Crippen LogP contribution in [0.3, 0.4) is 0 Å². The number of fused-ring (bicyclic) bond motifs is 8. The van der Waals surface area contributed by atoms with Crippen LogP contribution in [0.4, 0.5) is 22.7 Å². The van der Waals surface area contributed by atoms with Crippen molar-refractivity contribution >= 4 is 76.6 Å². The van der Waals surface area contributed by atoms with Gasteiger partial charge in [-0.05, 0) is 130 Å². The van der Waals surface area contributed by atoms with Crippen LogP contribution in [-0.2, 0) is 10.8 Å². The largest absolute Gasteiger partial charge is 0.334 e. The summed E-state index contributed by atoms with van der Waals surface area (Å²) in [5, 5.41) is 13.6. The summed E-state index contributed by atoms with van der Waals surface area (Å²) in [5.41, 5.74) is 8.72. The molecular weight excluding hydrogens is 653 g/mol. The highest BCUT2D eigenvalue weighted by Gasteiger charge is 2.59. The third kappa shape index (κ3) is 3.64. The van der Waals surface area contributed by atoms with Gasteiger partial charge >= 0.3 is 0 Å². The van der Waals surface area contributed by atoms with E-state index in [1.807, 2.05) is 0 Å². The summed E-state index contributed by atoms with van der Waals surface area (Å²) in [6, 6.07) is 47.5. The lowest BCUT2D eigenvalue weighted by atomic mass is 9.61. The zero-order valence-corrected chi connectivity index (χ0v) is 32.1. The summed E-state index contributed by atoms with van der Waals surface area (Å²) in [4.78, 5) is 5.61. The molecule has 8 aromatic carbocycles. The van der Waals surface area contributed by atoms with E-state index >= 15 is 0 Å². The number of benzene rings is 8. The van der Waals surface area contributed by atoms with E-state index in [0.29, 0.717) is 0 Å². The predicted octanol–water partition coefficient (Wildman–Crippen LogP) is 14.4. The zero-order chi connectivity index (χ0) is 36.2. The Hall–Kier alpha value is -5.08. The van der Waals surface area contributed by atoms with Crippen LogP contribution in [0.1, 0.15) is 90.2 Å². The number of nitrogens with zero attached hydrogens (tertiary/aromatic N) is 2. The van der Waals surface area contributed by atoms with E-state index in [4.69, 9.17) is 0 Å². The highest BCUT2D eigenvalue weighted by Crippen LogP contribution is 2.64. The molecule has 8 aromatic rings. The lowest BCUT2D eigenvalue weighted by Crippen LogP contribution is -2.54. The van der Waals surface area contributed by atoms with Crippen molar-refractivity contribution in [3.8, 4) is 0 Å².